The Morgan fingerprint density at radius 2 is 1.76 bits per heavy atom. The van der Waals surface area contributed by atoms with E-state index < -0.39 is 0 Å². The van der Waals surface area contributed by atoms with Crippen LogP contribution in [-0.4, -0.2) is 19.0 Å². The fraction of sp³-hybridized carbons (Fsp3) is 0.167. The molecule has 108 valence electrons. The minimum absolute atomic E-state index is 0.00648. The third kappa shape index (κ3) is 5.32. The van der Waals surface area contributed by atoms with Gasteiger partial charge in [0.05, 0.1) is 6.61 Å². The molecular formula is C18H17FO2. The van der Waals surface area contributed by atoms with Gasteiger partial charge in [0, 0.05) is 6.42 Å². The highest BCUT2D eigenvalue weighted by Gasteiger charge is 2.07. The molecule has 0 unspecified atom stereocenters. The average molecular weight is 284 g/mol. The zero-order valence-corrected chi connectivity index (χ0v) is 11.7. The van der Waals surface area contributed by atoms with Gasteiger partial charge in [0.15, 0.2) is 5.78 Å². The van der Waals surface area contributed by atoms with E-state index in [4.69, 9.17) is 4.74 Å². The Morgan fingerprint density at radius 3 is 2.52 bits per heavy atom. The lowest BCUT2D eigenvalue weighted by Gasteiger charge is -2.03. The number of rotatable bonds is 7. The fourth-order valence-electron chi connectivity index (χ4n) is 1.89. The van der Waals surface area contributed by atoms with Crippen molar-refractivity contribution in [2.45, 2.75) is 6.42 Å². The Labute approximate surface area is 123 Å². The average Bonchev–Trinajstić information content (AvgIpc) is 2.50. The van der Waals surface area contributed by atoms with Gasteiger partial charge in [0.25, 0.3) is 0 Å². The SMILES string of the molecule is O=C(COCC=Cc1ccccc1)Cc1ccccc1F. The van der Waals surface area contributed by atoms with E-state index >= 15 is 0 Å². The van der Waals surface area contributed by atoms with Crippen molar-refractivity contribution in [1.29, 1.82) is 0 Å². The van der Waals surface area contributed by atoms with E-state index in [0.29, 0.717) is 12.2 Å². The van der Waals surface area contributed by atoms with Crippen molar-refractivity contribution in [3.8, 4) is 0 Å². The number of Topliss-reactive ketones (excluding diaryl/α,β-unsaturated/α-hetero) is 1. The molecule has 0 saturated heterocycles. The van der Waals surface area contributed by atoms with E-state index in [-0.39, 0.29) is 24.6 Å². The van der Waals surface area contributed by atoms with Crippen LogP contribution in [0.15, 0.2) is 60.7 Å². The van der Waals surface area contributed by atoms with Crippen molar-refractivity contribution in [3.05, 3.63) is 77.6 Å². The minimum atomic E-state index is -0.352. The normalized spacial score (nSPS) is 10.9. The van der Waals surface area contributed by atoms with Gasteiger partial charge in [-0.15, -0.1) is 0 Å². The van der Waals surface area contributed by atoms with Crippen LogP contribution in [0.4, 0.5) is 4.39 Å². The molecule has 0 bridgehead atoms. The number of carbonyl (C=O) groups excluding carboxylic acids is 1. The highest BCUT2D eigenvalue weighted by Crippen LogP contribution is 2.07. The number of ketones is 1. The van der Waals surface area contributed by atoms with Crippen LogP contribution >= 0.6 is 0 Å². The van der Waals surface area contributed by atoms with Crippen LogP contribution in [0.1, 0.15) is 11.1 Å². The van der Waals surface area contributed by atoms with Crippen LogP contribution in [0.5, 0.6) is 0 Å². The summed E-state index contributed by atoms with van der Waals surface area (Å²) in [5.74, 6) is -0.483. The van der Waals surface area contributed by atoms with E-state index in [2.05, 4.69) is 0 Å². The maximum atomic E-state index is 13.4. The molecule has 0 radical (unpaired) electrons. The molecule has 0 amide bonds. The highest BCUT2D eigenvalue weighted by atomic mass is 19.1. The van der Waals surface area contributed by atoms with Gasteiger partial charge in [0.2, 0.25) is 0 Å². The minimum Gasteiger partial charge on any atom is -0.370 e. The molecule has 2 aromatic carbocycles. The summed E-state index contributed by atoms with van der Waals surface area (Å²) in [7, 11) is 0. The summed E-state index contributed by atoms with van der Waals surface area (Å²) in [6.07, 6.45) is 3.85. The summed E-state index contributed by atoms with van der Waals surface area (Å²) < 4.78 is 18.6. The molecule has 0 aliphatic rings. The lowest BCUT2D eigenvalue weighted by atomic mass is 10.1. The Bertz CT molecular complexity index is 606. The van der Waals surface area contributed by atoms with Crippen molar-refractivity contribution in [2.24, 2.45) is 0 Å². The van der Waals surface area contributed by atoms with Crippen LogP contribution in [0.25, 0.3) is 6.08 Å². The van der Waals surface area contributed by atoms with Gasteiger partial charge in [-0.2, -0.15) is 0 Å². The predicted octanol–water partition coefficient (Wildman–Crippen LogP) is 3.67. The van der Waals surface area contributed by atoms with Crippen LogP contribution in [0.2, 0.25) is 0 Å². The fourth-order valence-corrected chi connectivity index (χ4v) is 1.89. The van der Waals surface area contributed by atoms with Crippen LogP contribution in [0.3, 0.4) is 0 Å². The summed E-state index contributed by atoms with van der Waals surface area (Å²) in [5, 5.41) is 0. The molecule has 0 spiro atoms. The zero-order chi connectivity index (χ0) is 14.9. The van der Waals surface area contributed by atoms with Crippen molar-refractivity contribution in [1.82, 2.24) is 0 Å². The molecule has 0 aliphatic heterocycles. The second-order valence-electron chi connectivity index (χ2n) is 4.64. The van der Waals surface area contributed by atoms with Gasteiger partial charge in [-0.25, -0.2) is 4.39 Å². The van der Waals surface area contributed by atoms with Crippen LogP contribution < -0.4 is 0 Å². The summed E-state index contributed by atoms with van der Waals surface area (Å²) in [6, 6.07) is 16.1. The molecule has 2 aromatic rings. The molecule has 0 saturated carbocycles. The summed E-state index contributed by atoms with van der Waals surface area (Å²) >= 11 is 0. The molecule has 0 aliphatic carbocycles. The Kier molecular flexibility index (Phi) is 5.85. The number of carbonyl (C=O) groups is 1. The molecular weight excluding hydrogens is 267 g/mol. The number of ether oxygens (including phenoxy) is 1. The molecule has 0 heterocycles. The second-order valence-corrected chi connectivity index (χ2v) is 4.64. The van der Waals surface area contributed by atoms with Crippen LogP contribution in [0, 0.1) is 5.82 Å². The molecule has 2 rings (SSSR count). The van der Waals surface area contributed by atoms with Gasteiger partial charge < -0.3 is 4.74 Å². The van der Waals surface area contributed by atoms with E-state index in [9.17, 15) is 9.18 Å². The summed E-state index contributed by atoms with van der Waals surface area (Å²) in [4.78, 5) is 11.7. The van der Waals surface area contributed by atoms with Crippen molar-refractivity contribution < 1.29 is 13.9 Å². The Morgan fingerprint density at radius 1 is 1.05 bits per heavy atom. The third-order valence-electron chi connectivity index (χ3n) is 2.93. The maximum Gasteiger partial charge on any atom is 0.162 e. The smallest absolute Gasteiger partial charge is 0.162 e. The maximum absolute atomic E-state index is 13.4. The molecule has 0 N–H and O–H groups in total. The van der Waals surface area contributed by atoms with Crippen molar-refractivity contribution in [3.63, 3.8) is 0 Å². The molecule has 3 heteroatoms. The number of halogens is 1. The van der Waals surface area contributed by atoms with E-state index in [1.54, 1.807) is 18.2 Å². The van der Waals surface area contributed by atoms with Crippen LogP contribution in [-0.2, 0) is 16.0 Å². The standard InChI is InChI=1S/C18H17FO2/c19-18-11-5-4-10-16(18)13-17(20)14-21-12-6-9-15-7-2-1-3-8-15/h1-11H,12-14H2. The third-order valence-corrected chi connectivity index (χ3v) is 2.93. The first-order valence-electron chi connectivity index (χ1n) is 6.80. The lowest BCUT2D eigenvalue weighted by molar-refractivity contribution is -0.122. The largest absolute Gasteiger partial charge is 0.370 e. The Hall–Kier alpha value is -2.26. The Balaban J connectivity index is 1.70. The first kappa shape index (κ1) is 15.1. The molecule has 21 heavy (non-hydrogen) atoms. The van der Waals surface area contributed by atoms with Crippen molar-refractivity contribution in [2.75, 3.05) is 13.2 Å². The summed E-state index contributed by atoms with van der Waals surface area (Å²) in [6.45, 7) is 0.353. The van der Waals surface area contributed by atoms with E-state index in [1.807, 2.05) is 42.5 Å². The number of benzene rings is 2. The second kappa shape index (κ2) is 8.12. The van der Waals surface area contributed by atoms with Crippen molar-refractivity contribution >= 4 is 11.9 Å². The monoisotopic (exact) mass is 284 g/mol. The molecule has 0 atom stereocenters. The number of hydrogen-bond acceptors (Lipinski definition) is 2. The van der Waals surface area contributed by atoms with Gasteiger partial charge in [0.1, 0.15) is 12.4 Å². The topological polar surface area (TPSA) is 26.3 Å². The quantitative estimate of drug-likeness (QED) is 0.725. The lowest BCUT2D eigenvalue weighted by Crippen LogP contribution is -2.12. The van der Waals surface area contributed by atoms with Gasteiger partial charge in [-0.1, -0.05) is 60.7 Å². The zero-order valence-electron chi connectivity index (χ0n) is 11.7. The van der Waals surface area contributed by atoms with Gasteiger partial charge >= 0.3 is 0 Å². The van der Waals surface area contributed by atoms with Gasteiger partial charge in [-0.3, -0.25) is 4.79 Å². The van der Waals surface area contributed by atoms with E-state index in [0.717, 1.165) is 5.56 Å². The molecule has 0 aromatic heterocycles. The molecule has 0 fully saturated rings. The molecule has 2 nitrogen and oxygen atoms in total. The predicted molar refractivity (Wildman–Crippen MR) is 81.4 cm³/mol. The van der Waals surface area contributed by atoms with E-state index in [1.165, 1.54) is 6.07 Å². The first-order valence-corrected chi connectivity index (χ1v) is 6.80. The first-order chi connectivity index (χ1) is 10.3. The highest BCUT2D eigenvalue weighted by molar-refractivity contribution is 5.82. The number of hydrogen-bond donors (Lipinski definition) is 0. The van der Waals surface area contributed by atoms with Gasteiger partial charge in [-0.05, 0) is 17.2 Å². The summed E-state index contributed by atoms with van der Waals surface area (Å²) in [5.41, 5.74) is 1.49.